The van der Waals surface area contributed by atoms with Crippen LogP contribution in [-0.2, 0) is 24.2 Å². The SMILES string of the molecule is C=Cc1ccc(COc2ccc(OCc3ccc(-c4ccc(CC(C)C)cc4)cc3)cc2P(=O)(c2ccccc2)c2ccccc2)cc1. The van der Waals surface area contributed by atoms with E-state index in [0.717, 1.165) is 33.7 Å². The van der Waals surface area contributed by atoms with Gasteiger partial charge in [-0.05, 0) is 63.9 Å². The Balaban J connectivity index is 1.28. The van der Waals surface area contributed by atoms with Crippen molar-refractivity contribution in [3.05, 3.63) is 180 Å². The van der Waals surface area contributed by atoms with Crippen LogP contribution in [0.25, 0.3) is 17.2 Å². The Hall–Kier alpha value is -5.11. The Morgan fingerprint density at radius 3 is 1.62 bits per heavy atom. The summed E-state index contributed by atoms with van der Waals surface area (Å²) in [6.45, 7) is 9.05. The van der Waals surface area contributed by atoms with E-state index < -0.39 is 7.14 Å². The van der Waals surface area contributed by atoms with Gasteiger partial charge in [-0.2, -0.15) is 0 Å². The zero-order valence-corrected chi connectivity index (χ0v) is 28.5. The first-order valence-electron chi connectivity index (χ1n) is 16.4. The van der Waals surface area contributed by atoms with Gasteiger partial charge in [0.1, 0.15) is 24.7 Å². The monoisotopic (exact) mass is 648 g/mol. The first-order chi connectivity index (χ1) is 23.4. The first-order valence-corrected chi connectivity index (χ1v) is 18.1. The van der Waals surface area contributed by atoms with Crippen LogP contribution in [-0.4, -0.2) is 0 Å². The fraction of sp³-hybridized carbons (Fsp3) is 0.136. The van der Waals surface area contributed by atoms with Crippen molar-refractivity contribution in [2.45, 2.75) is 33.5 Å². The summed E-state index contributed by atoms with van der Waals surface area (Å²) in [4.78, 5) is 0. The predicted octanol–water partition coefficient (Wildman–Crippen LogP) is 9.99. The molecule has 48 heavy (non-hydrogen) atoms. The predicted molar refractivity (Wildman–Crippen MR) is 201 cm³/mol. The summed E-state index contributed by atoms with van der Waals surface area (Å²) >= 11 is 0. The van der Waals surface area contributed by atoms with Crippen LogP contribution >= 0.6 is 7.14 Å². The van der Waals surface area contributed by atoms with E-state index in [2.05, 4.69) is 69.0 Å². The Morgan fingerprint density at radius 2 is 1.10 bits per heavy atom. The van der Waals surface area contributed by atoms with Crippen LogP contribution < -0.4 is 25.4 Å². The van der Waals surface area contributed by atoms with Crippen molar-refractivity contribution in [2.24, 2.45) is 5.92 Å². The molecule has 6 aromatic carbocycles. The van der Waals surface area contributed by atoms with Crippen LogP contribution in [0.4, 0.5) is 0 Å². The van der Waals surface area contributed by atoms with Crippen LogP contribution in [0.15, 0.2) is 158 Å². The van der Waals surface area contributed by atoms with E-state index in [-0.39, 0.29) is 0 Å². The number of rotatable bonds is 13. The fourth-order valence-corrected chi connectivity index (χ4v) is 8.63. The van der Waals surface area contributed by atoms with Gasteiger partial charge >= 0.3 is 0 Å². The molecule has 0 saturated heterocycles. The van der Waals surface area contributed by atoms with Crippen molar-refractivity contribution in [3.63, 3.8) is 0 Å². The zero-order chi connectivity index (χ0) is 33.3. The van der Waals surface area contributed by atoms with Crippen molar-refractivity contribution >= 4 is 29.1 Å². The van der Waals surface area contributed by atoms with Gasteiger partial charge in [-0.3, -0.25) is 0 Å². The quantitative estimate of drug-likeness (QED) is 0.117. The van der Waals surface area contributed by atoms with Gasteiger partial charge in [-0.25, -0.2) is 0 Å². The van der Waals surface area contributed by atoms with Crippen LogP contribution in [0.3, 0.4) is 0 Å². The maximum Gasteiger partial charge on any atom is 0.174 e. The lowest BCUT2D eigenvalue weighted by atomic mass is 9.99. The van der Waals surface area contributed by atoms with E-state index >= 15 is 4.57 Å². The largest absolute Gasteiger partial charge is 0.489 e. The van der Waals surface area contributed by atoms with E-state index in [1.165, 1.54) is 16.7 Å². The lowest BCUT2D eigenvalue weighted by Gasteiger charge is -2.23. The molecular formula is C44H41O3P. The Kier molecular flexibility index (Phi) is 10.4. The summed E-state index contributed by atoms with van der Waals surface area (Å²) in [5, 5.41) is 2.08. The van der Waals surface area contributed by atoms with E-state index in [9.17, 15) is 0 Å². The van der Waals surface area contributed by atoms with E-state index in [0.29, 0.717) is 35.9 Å². The highest BCUT2D eigenvalue weighted by Gasteiger charge is 2.33. The fourth-order valence-electron chi connectivity index (χ4n) is 5.83. The van der Waals surface area contributed by atoms with Gasteiger partial charge in [0.25, 0.3) is 0 Å². The average Bonchev–Trinajstić information content (AvgIpc) is 3.14. The third kappa shape index (κ3) is 7.71. The maximum absolute atomic E-state index is 15.5. The van der Waals surface area contributed by atoms with Crippen molar-refractivity contribution in [1.29, 1.82) is 0 Å². The molecule has 4 heteroatoms. The summed E-state index contributed by atoms with van der Waals surface area (Å²) in [5.74, 6) is 1.83. The molecule has 0 unspecified atom stereocenters. The summed E-state index contributed by atoms with van der Waals surface area (Å²) in [7, 11) is -3.34. The number of benzene rings is 6. The highest BCUT2D eigenvalue weighted by atomic mass is 31.2. The summed E-state index contributed by atoms with van der Waals surface area (Å²) in [5.41, 5.74) is 6.84. The Bertz CT molecular complexity index is 1940. The average molecular weight is 649 g/mol. The van der Waals surface area contributed by atoms with Gasteiger partial charge in [0.2, 0.25) is 0 Å². The normalized spacial score (nSPS) is 11.3. The van der Waals surface area contributed by atoms with Crippen molar-refractivity contribution in [1.82, 2.24) is 0 Å². The van der Waals surface area contributed by atoms with Crippen LogP contribution in [0, 0.1) is 5.92 Å². The minimum absolute atomic E-state index is 0.334. The van der Waals surface area contributed by atoms with Gasteiger partial charge in [0.15, 0.2) is 7.14 Å². The molecule has 0 bridgehead atoms. The van der Waals surface area contributed by atoms with E-state index in [1.54, 1.807) is 0 Å². The molecule has 0 fully saturated rings. The second-order valence-corrected chi connectivity index (χ2v) is 15.2. The maximum atomic E-state index is 15.5. The lowest BCUT2D eigenvalue weighted by Crippen LogP contribution is -2.26. The number of ether oxygens (including phenoxy) is 2. The minimum atomic E-state index is -3.34. The van der Waals surface area contributed by atoms with Crippen molar-refractivity contribution < 1.29 is 14.0 Å². The summed E-state index contributed by atoms with van der Waals surface area (Å²) in [6, 6.07) is 50.4. The second-order valence-electron chi connectivity index (χ2n) is 12.4. The molecule has 0 aliphatic rings. The third-order valence-electron chi connectivity index (χ3n) is 8.41. The molecule has 0 spiro atoms. The summed E-state index contributed by atoms with van der Waals surface area (Å²) in [6.07, 6.45) is 2.90. The first kappa shape index (κ1) is 32.8. The smallest absolute Gasteiger partial charge is 0.174 e. The molecular weight excluding hydrogens is 607 g/mol. The zero-order valence-electron chi connectivity index (χ0n) is 27.6. The van der Waals surface area contributed by atoms with Gasteiger partial charge in [-0.15, -0.1) is 0 Å². The van der Waals surface area contributed by atoms with Gasteiger partial charge in [-0.1, -0.05) is 160 Å². The molecule has 0 aromatic heterocycles. The number of hydrogen-bond acceptors (Lipinski definition) is 3. The molecule has 3 nitrogen and oxygen atoms in total. The van der Waals surface area contributed by atoms with Gasteiger partial charge in [0, 0.05) is 10.6 Å². The number of hydrogen-bond donors (Lipinski definition) is 0. The Morgan fingerprint density at radius 1 is 0.604 bits per heavy atom. The third-order valence-corrected chi connectivity index (χ3v) is 11.5. The topological polar surface area (TPSA) is 35.5 Å². The highest BCUT2D eigenvalue weighted by molar-refractivity contribution is 7.85. The van der Waals surface area contributed by atoms with Crippen LogP contribution in [0.5, 0.6) is 11.5 Å². The van der Waals surface area contributed by atoms with Crippen LogP contribution in [0.1, 0.15) is 36.1 Å². The standard InChI is InChI=1S/C44H41O3P/c1-4-34-15-17-36(18-16-34)32-47-43-28-27-40(30-44(43)48(45,41-11-7-5-8-12-41)42-13-9-6-10-14-42)46-31-37-21-25-39(26-22-37)38-23-19-35(20-24-38)29-33(2)3/h4-28,30,33H,1,29,31-32H2,2-3H3. The highest BCUT2D eigenvalue weighted by Crippen LogP contribution is 2.46. The van der Waals surface area contributed by atoms with Gasteiger partial charge in [0.05, 0.1) is 5.30 Å². The molecule has 0 saturated carbocycles. The van der Waals surface area contributed by atoms with Gasteiger partial charge < -0.3 is 14.0 Å². The van der Waals surface area contributed by atoms with E-state index in [1.807, 2.05) is 109 Å². The van der Waals surface area contributed by atoms with Crippen LogP contribution in [0.2, 0.25) is 0 Å². The molecule has 6 aromatic rings. The summed E-state index contributed by atoms with van der Waals surface area (Å²) < 4.78 is 28.2. The molecule has 0 aliphatic heterocycles. The minimum Gasteiger partial charge on any atom is -0.489 e. The molecule has 6 rings (SSSR count). The second kappa shape index (κ2) is 15.2. The lowest BCUT2D eigenvalue weighted by molar-refractivity contribution is 0.299. The molecule has 0 N–H and O–H groups in total. The molecule has 0 heterocycles. The molecule has 0 amide bonds. The Labute approximate surface area is 284 Å². The molecule has 0 atom stereocenters. The van der Waals surface area contributed by atoms with Crippen molar-refractivity contribution in [3.8, 4) is 22.6 Å². The molecule has 240 valence electrons. The van der Waals surface area contributed by atoms with E-state index in [4.69, 9.17) is 9.47 Å². The molecule has 0 aliphatic carbocycles. The molecule has 0 radical (unpaired) electrons. The van der Waals surface area contributed by atoms with Crippen molar-refractivity contribution in [2.75, 3.05) is 0 Å².